The first-order valence-corrected chi connectivity index (χ1v) is 11.9. The van der Waals surface area contributed by atoms with Crippen LogP contribution < -0.4 is 9.62 Å². The van der Waals surface area contributed by atoms with Crippen LogP contribution in [-0.4, -0.2) is 54.2 Å². The molecule has 11 heteroatoms. The summed E-state index contributed by atoms with van der Waals surface area (Å²) in [4.78, 5) is 2.01. The largest absolute Gasteiger partial charge is 0.395 e. The summed E-state index contributed by atoms with van der Waals surface area (Å²) in [5.41, 5.74) is 2.30. The number of hydrogen-bond donors (Lipinski definition) is 2. The van der Waals surface area contributed by atoms with E-state index in [-0.39, 0.29) is 24.9 Å². The van der Waals surface area contributed by atoms with Gasteiger partial charge in [-0.15, -0.1) is 0 Å². The van der Waals surface area contributed by atoms with Crippen LogP contribution >= 0.6 is 0 Å². The van der Waals surface area contributed by atoms with Crippen molar-refractivity contribution in [3.05, 3.63) is 72.1 Å². The van der Waals surface area contributed by atoms with Gasteiger partial charge in [-0.3, -0.25) is 4.72 Å². The topological polar surface area (TPSA) is 90.2 Å². The Balaban J connectivity index is 1.65. The van der Waals surface area contributed by atoms with Crippen molar-refractivity contribution >= 4 is 27.1 Å². The van der Waals surface area contributed by atoms with Crippen molar-refractivity contribution in [1.82, 2.24) is 18.6 Å². The normalized spacial score (nSPS) is 16.6. The van der Waals surface area contributed by atoms with Gasteiger partial charge < -0.3 is 10.0 Å². The van der Waals surface area contributed by atoms with Crippen LogP contribution in [-0.2, 0) is 10.2 Å². The van der Waals surface area contributed by atoms with Crippen LogP contribution in [0.3, 0.4) is 0 Å². The number of aromatic nitrogens is 2. The van der Waals surface area contributed by atoms with Crippen LogP contribution in [0, 0.1) is 11.6 Å². The Morgan fingerprint density at radius 2 is 2.12 bits per heavy atom. The fourth-order valence-electron chi connectivity index (χ4n) is 4.10. The summed E-state index contributed by atoms with van der Waals surface area (Å²) < 4.78 is 58.1. The number of hydrogen-bond acceptors (Lipinski definition) is 5. The zero-order chi connectivity index (χ0) is 23.8. The quantitative estimate of drug-likeness (QED) is 0.521. The van der Waals surface area contributed by atoms with Crippen LogP contribution in [0.25, 0.3) is 11.2 Å². The van der Waals surface area contributed by atoms with E-state index < -0.39 is 21.8 Å². The predicted octanol–water partition coefficient (Wildman–Crippen LogP) is 2.68. The second-order valence-corrected chi connectivity index (χ2v) is 9.70. The highest BCUT2D eigenvalue weighted by molar-refractivity contribution is 7.87. The maximum absolute atomic E-state index is 14.5. The van der Waals surface area contributed by atoms with Gasteiger partial charge in [0.25, 0.3) is 0 Å². The molecule has 1 fully saturated rings. The standard InChI is InChI=1S/C22H25F2N5O3S/c1-15(26-33(31,32)27(2)10-11-30)19-14-25-29-9-7-17(13-22(19)29)28-8-3-4-21(28)18-12-16(23)5-6-20(18)24/h5-7,9,12-14,21,26,30H,1,3-4,8,10-11H2,2H3/t21-/m1/s1. The first kappa shape index (κ1) is 23.1. The Hall–Kier alpha value is -3.02. The first-order chi connectivity index (χ1) is 15.7. The molecule has 4 rings (SSSR count). The van der Waals surface area contributed by atoms with Crippen molar-refractivity contribution in [2.75, 3.05) is 31.6 Å². The van der Waals surface area contributed by atoms with E-state index in [2.05, 4.69) is 16.4 Å². The number of nitrogens with zero attached hydrogens (tertiary/aromatic N) is 4. The molecule has 0 bridgehead atoms. The lowest BCUT2D eigenvalue weighted by Gasteiger charge is -2.27. The molecular weight excluding hydrogens is 452 g/mol. The van der Waals surface area contributed by atoms with E-state index in [1.165, 1.54) is 19.3 Å². The van der Waals surface area contributed by atoms with Gasteiger partial charge in [-0.25, -0.2) is 13.3 Å². The SMILES string of the molecule is C=C(NS(=O)(=O)N(C)CCO)c1cnn2ccc(N3CCC[C@@H]3c3cc(F)ccc3F)cc12. The average molecular weight is 478 g/mol. The molecule has 0 saturated carbocycles. The number of aliphatic hydroxyl groups is 1. The van der Waals surface area contributed by atoms with Crippen molar-refractivity contribution in [3.63, 3.8) is 0 Å². The minimum atomic E-state index is -3.90. The van der Waals surface area contributed by atoms with Gasteiger partial charge in [0.2, 0.25) is 0 Å². The van der Waals surface area contributed by atoms with Crippen LogP contribution in [0.4, 0.5) is 14.5 Å². The molecule has 0 aliphatic carbocycles. The van der Waals surface area contributed by atoms with Gasteiger partial charge in [-0.05, 0) is 43.2 Å². The van der Waals surface area contributed by atoms with Crippen molar-refractivity contribution in [2.24, 2.45) is 0 Å². The Morgan fingerprint density at radius 1 is 1.33 bits per heavy atom. The lowest BCUT2D eigenvalue weighted by Crippen LogP contribution is -2.38. The highest BCUT2D eigenvalue weighted by Gasteiger charge is 2.29. The molecule has 3 heterocycles. The smallest absolute Gasteiger partial charge is 0.301 e. The summed E-state index contributed by atoms with van der Waals surface area (Å²) in [5, 5.41) is 13.3. The summed E-state index contributed by atoms with van der Waals surface area (Å²) in [5.74, 6) is -0.935. The maximum atomic E-state index is 14.5. The lowest BCUT2D eigenvalue weighted by atomic mass is 10.0. The Kier molecular flexibility index (Phi) is 6.37. The lowest BCUT2D eigenvalue weighted by molar-refractivity contribution is 0.266. The van der Waals surface area contributed by atoms with Crippen molar-refractivity contribution in [2.45, 2.75) is 18.9 Å². The second-order valence-electron chi connectivity index (χ2n) is 7.92. The summed E-state index contributed by atoms with van der Waals surface area (Å²) >= 11 is 0. The van der Waals surface area contributed by atoms with Gasteiger partial charge in [-0.2, -0.15) is 17.8 Å². The fraction of sp³-hybridized carbons (Fsp3) is 0.318. The number of rotatable bonds is 8. The zero-order valence-corrected chi connectivity index (χ0v) is 18.9. The van der Waals surface area contributed by atoms with E-state index in [0.29, 0.717) is 29.6 Å². The minimum Gasteiger partial charge on any atom is -0.395 e. The molecule has 1 aliphatic rings. The predicted molar refractivity (Wildman–Crippen MR) is 122 cm³/mol. The van der Waals surface area contributed by atoms with Gasteiger partial charge in [0, 0.05) is 43.1 Å². The van der Waals surface area contributed by atoms with Crippen molar-refractivity contribution in [3.8, 4) is 0 Å². The average Bonchev–Trinajstić information content (AvgIpc) is 3.42. The van der Waals surface area contributed by atoms with Crippen LogP contribution in [0.5, 0.6) is 0 Å². The maximum Gasteiger partial charge on any atom is 0.301 e. The van der Waals surface area contributed by atoms with Gasteiger partial charge in [-0.1, -0.05) is 6.58 Å². The van der Waals surface area contributed by atoms with Gasteiger partial charge in [0.05, 0.1) is 30.1 Å². The first-order valence-electron chi connectivity index (χ1n) is 10.4. The molecule has 0 unspecified atom stereocenters. The Labute approximate surface area is 190 Å². The second kappa shape index (κ2) is 9.08. The summed E-state index contributed by atoms with van der Waals surface area (Å²) in [6, 6.07) is 6.83. The molecule has 1 atom stereocenters. The van der Waals surface area contributed by atoms with Crippen LogP contribution in [0.15, 0.2) is 49.3 Å². The minimum absolute atomic E-state index is 0.0610. The molecule has 0 amide bonds. The molecule has 8 nitrogen and oxygen atoms in total. The highest BCUT2D eigenvalue weighted by Crippen LogP contribution is 2.38. The number of pyridine rings is 1. The number of anilines is 1. The number of likely N-dealkylation sites (N-methyl/N-ethyl adjacent to an activating group) is 1. The van der Waals surface area contributed by atoms with E-state index in [9.17, 15) is 17.2 Å². The Morgan fingerprint density at radius 3 is 2.88 bits per heavy atom. The van der Waals surface area contributed by atoms with Gasteiger partial charge >= 0.3 is 10.2 Å². The van der Waals surface area contributed by atoms with Crippen LogP contribution in [0.2, 0.25) is 0 Å². The van der Waals surface area contributed by atoms with Gasteiger partial charge in [0.15, 0.2) is 0 Å². The molecule has 176 valence electrons. The molecule has 1 aliphatic heterocycles. The summed E-state index contributed by atoms with van der Waals surface area (Å²) in [6.45, 7) is 4.14. The van der Waals surface area contributed by atoms with Crippen LogP contribution in [0.1, 0.15) is 30.0 Å². The number of nitrogens with one attached hydrogen (secondary N) is 1. The van der Waals surface area contributed by atoms with E-state index in [0.717, 1.165) is 28.5 Å². The number of aliphatic hydroxyl groups excluding tert-OH is 1. The molecule has 33 heavy (non-hydrogen) atoms. The third-order valence-electron chi connectivity index (χ3n) is 5.81. The molecule has 1 saturated heterocycles. The third-order valence-corrected chi connectivity index (χ3v) is 7.32. The van der Waals surface area contributed by atoms with E-state index in [1.807, 2.05) is 17.0 Å². The number of benzene rings is 1. The van der Waals surface area contributed by atoms with Crippen molar-refractivity contribution in [1.29, 1.82) is 0 Å². The molecule has 0 spiro atoms. The Bertz CT molecular complexity index is 1290. The molecule has 1 aromatic carbocycles. The third kappa shape index (κ3) is 4.56. The van der Waals surface area contributed by atoms with Crippen molar-refractivity contribution < 1.29 is 22.3 Å². The number of fused-ring (bicyclic) bond motifs is 1. The highest BCUT2D eigenvalue weighted by atomic mass is 32.2. The molecule has 2 aromatic heterocycles. The van der Waals surface area contributed by atoms with E-state index in [4.69, 9.17) is 5.11 Å². The summed E-state index contributed by atoms with van der Waals surface area (Å²) in [6.07, 6.45) is 4.73. The molecule has 0 radical (unpaired) electrons. The fourth-order valence-corrected chi connectivity index (χ4v) is 5.00. The van der Waals surface area contributed by atoms with Gasteiger partial charge in [0.1, 0.15) is 11.6 Å². The zero-order valence-electron chi connectivity index (χ0n) is 18.1. The molecular formula is C22H25F2N5O3S. The van der Waals surface area contributed by atoms with E-state index >= 15 is 0 Å². The molecule has 2 N–H and O–H groups in total. The molecule has 3 aromatic rings. The van der Waals surface area contributed by atoms with E-state index in [1.54, 1.807) is 10.7 Å². The monoisotopic (exact) mass is 477 g/mol. The summed E-state index contributed by atoms with van der Waals surface area (Å²) in [7, 11) is -2.55. The number of halogens is 2.